The fourth-order valence-corrected chi connectivity index (χ4v) is 4.61. The molecule has 0 aliphatic carbocycles. The number of nitrogens with zero attached hydrogens (tertiary/aromatic N) is 5. The van der Waals surface area contributed by atoms with E-state index in [1.807, 2.05) is 30.8 Å². The molecular formula is C21H19FN6OS. The van der Waals surface area contributed by atoms with Crippen LogP contribution < -0.4 is 10.5 Å². The van der Waals surface area contributed by atoms with Crippen molar-refractivity contribution in [2.45, 2.75) is 32.9 Å². The zero-order valence-corrected chi connectivity index (χ0v) is 17.3. The number of anilines is 1. The van der Waals surface area contributed by atoms with Gasteiger partial charge in [0.1, 0.15) is 11.9 Å². The molecule has 0 fully saturated rings. The number of aryl methyl sites for hydroxylation is 1. The Kier molecular flexibility index (Phi) is 4.47. The zero-order valence-electron chi connectivity index (χ0n) is 16.5. The van der Waals surface area contributed by atoms with Gasteiger partial charge in [-0.3, -0.25) is 0 Å². The molecule has 1 aromatic carbocycles. The van der Waals surface area contributed by atoms with Crippen LogP contribution in [0.25, 0.3) is 21.7 Å². The summed E-state index contributed by atoms with van der Waals surface area (Å²) >= 11 is 1.38. The maximum absolute atomic E-state index is 14.1. The summed E-state index contributed by atoms with van der Waals surface area (Å²) in [6.07, 6.45) is 3.64. The minimum absolute atomic E-state index is 0.274. The number of pyridine rings is 1. The van der Waals surface area contributed by atoms with Crippen LogP contribution in [0.2, 0.25) is 0 Å². The maximum Gasteiger partial charge on any atom is 0.166 e. The predicted octanol–water partition coefficient (Wildman–Crippen LogP) is 4.25. The minimum Gasteiger partial charge on any atom is -0.482 e. The number of aromatic nitrogens is 5. The molecule has 0 saturated carbocycles. The van der Waals surface area contributed by atoms with Crippen molar-refractivity contribution in [1.29, 1.82) is 0 Å². The average molecular weight is 422 g/mol. The summed E-state index contributed by atoms with van der Waals surface area (Å²) in [5.41, 5.74) is 11.2. The van der Waals surface area contributed by atoms with Crippen molar-refractivity contribution in [1.82, 2.24) is 24.4 Å². The lowest BCUT2D eigenvalue weighted by Crippen LogP contribution is -2.09. The first kappa shape index (κ1) is 18.7. The normalized spacial score (nSPS) is 15.2. The molecule has 152 valence electrons. The van der Waals surface area contributed by atoms with Crippen molar-refractivity contribution in [2.24, 2.45) is 0 Å². The van der Waals surface area contributed by atoms with Crippen LogP contribution in [-0.2, 0) is 13.0 Å². The first-order chi connectivity index (χ1) is 14.5. The van der Waals surface area contributed by atoms with E-state index in [0.717, 1.165) is 38.5 Å². The van der Waals surface area contributed by atoms with Crippen LogP contribution in [0.15, 0.2) is 36.7 Å². The average Bonchev–Trinajstić information content (AvgIpc) is 3.36. The molecule has 7 nitrogen and oxygen atoms in total. The largest absolute Gasteiger partial charge is 0.482 e. The third kappa shape index (κ3) is 3.02. The number of hydrogen-bond acceptors (Lipinski definition) is 7. The molecule has 3 aromatic heterocycles. The minimum atomic E-state index is -0.446. The van der Waals surface area contributed by atoms with Gasteiger partial charge in [-0.15, -0.1) is 5.10 Å². The number of hydrogen-bond donors (Lipinski definition) is 1. The van der Waals surface area contributed by atoms with Crippen LogP contribution in [-0.4, -0.2) is 24.4 Å². The number of nitrogen functional groups attached to an aromatic ring is 1. The van der Waals surface area contributed by atoms with Crippen molar-refractivity contribution in [2.75, 3.05) is 5.73 Å². The van der Waals surface area contributed by atoms with Gasteiger partial charge in [0.25, 0.3) is 0 Å². The topological polar surface area (TPSA) is 91.7 Å². The molecule has 2 N–H and O–H groups in total. The van der Waals surface area contributed by atoms with Gasteiger partial charge in [0.15, 0.2) is 11.6 Å². The van der Waals surface area contributed by atoms with Crippen molar-refractivity contribution >= 4 is 17.4 Å². The van der Waals surface area contributed by atoms with Crippen LogP contribution in [0.4, 0.5) is 10.2 Å². The summed E-state index contributed by atoms with van der Waals surface area (Å²) < 4.78 is 26.6. The Hall–Kier alpha value is -3.33. The first-order valence-corrected chi connectivity index (χ1v) is 10.4. The van der Waals surface area contributed by atoms with Crippen molar-refractivity contribution in [3.05, 3.63) is 59.3 Å². The van der Waals surface area contributed by atoms with Gasteiger partial charge in [-0.1, -0.05) is 11.3 Å². The predicted molar refractivity (Wildman–Crippen MR) is 113 cm³/mol. The highest BCUT2D eigenvalue weighted by atomic mass is 32.1. The van der Waals surface area contributed by atoms with Gasteiger partial charge in [-0.2, -0.15) is 0 Å². The summed E-state index contributed by atoms with van der Waals surface area (Å²) in [7, 11) is 0. The molecule has 1 unspecified atom stereocenters. The van der Waals surface area contributed by atoms with Crippen LogP contribution in [0.1, 0.15) is 36.8 Å². The third-order valence-corrected chi connectivity index (χ3v) is 6.14. The number of ether oxygens (including phenoxy) is 1. The van der Waals surface area contributed by atoms with Gasteiger partial charge in [0.2, 0.25) is 0 Å². The van der Waals surface area contributed by atoms with E-state index in [2.05, 4.69) is 19.7 Å². The van der Waals surface area contributed by atoms with E-state index in [-0.39, 0.29) is 11.6 Å². The first-order valence-electron chi connectivity index (χ1n) is 9.63. The lowest BCUT2D eigenvalue weighted by Gasteiger charge is -2.20. The fourth-order valence-electron chi connectivity index (χ4n) is 3.80. The van der Waals surface area contributed by atoms with Crippen LogP contribution in [0.5, 0.6) is 5.75 Å². The van der Waals surface area contributed by atoms with E-state index in [1.165, 1.54) is 23.7 Å². The molecule has 9 heteroatoms. The molecule has 0 amide bonds. The quantitative estimate of drug-likeness (QED) is 0.493. The van der Waals surface area contributed by atoms with Gasteiger partial charge in [-0.05, 0) is 49.1 Å². The van der Waals surface area contributed by atoms with Crippen LogP contribution in [0.3, 0.4) is 0 Å². The summed E-state index contributed by atoms with van der Waals surface area (Å²) in [6, 6.07) is 6.58. The molecule has 5 rings (SSSR count). The SMILES string of the molecule is CCn1nnc2c1-c1cnc(N)c(c1)OC(C)c1cc(F)ccc1-c1sncc1C2. The third-order valence-electron chi connectivity index (χ3n) is 5.26. The smallest absolute Gasteiger partial charge is 0.166 e. The molecule has 0 spiro atoms. The molecule has 1 atom stereocenters. The van der Waals surface area contributed by atoms with Gasteiger partial charge in [0, 0.05) is 42.0 Å². The Labute approximate surface area is 176 Å². The second kappa shape index (κ2) is 7.17. The second-order valence-electron chi connectivity index (χ2n) is 7.16. The molecule has 2 bridgehead atoms. The van der Waals surface area contributed by atoms with E-state index >= 15 is 0 Å². The molecule has 0 saturated heterocycles. The Morgan fingerprint density at radius 2 is 2.17 bits per heavy atom. The van der Waals surface area contributed by atoms with E-state index in [0.29, 0.717) is 18.7 Å². The fraction of sp³-hybridized carbons (Fsp3) is 0.238. The lowest BCUT2D eigenvalue weighted by atomic mass is 9.97. The van der Waals surface area contributed by atoms with E-state index < -0.39 is 6.10 Å². The monoisotopic (exact) mass is 422 g/mol. The summed E-state index contributed by atoms with van der Waals surface area (Å²) in [5.74, 6) is 0.390. The number of halogens is 1. The van der Waals surface area contributed by atoms with Gasteiger partial charge < -0.3 is 10.5 Å². The highest BCUT2D eigenvalue weighted by molar-refractivity contribution is 7.09. The second-order valence-corrected chi connectivity index (χ2v) is 7.96. The molecule has 4 heterocycles. The number of benzene rings is 1. The molecule has 1 aliphatic rings. The van der Waals surface area contributed by atoms with Crippen LogP contribution >= 0.6 is 11.5 Å². The van der Waals surface area contributed by atoms with Gasteiger partial charge in [0.05, 0.1) is 16.3 Å². The Balaban J connectivity index is 1.79. The molecule has 1 aliphatic heterocycles. The standard InChI is InChI=1S/C21H19FN6OS/c1-3-28-19-12-7-18(21(23)24-9-12)29-11(2)16-8-14(22)4-5-15(16)20-13(10-25-30-20)6-17(19)26-27-28/h4-5,7-11H,3,6H2,1-2H3,(H2,23,24). The zero-order chi connectivity index (χ0) is 20.8. The van der Waals surface area contributed by atoms with E-state index in [9.17, 15) is 4.39 Å². The lowest BCUT2D eigenvalue weighted by molar-refractivity contribution is 0.228. The number of fused-ring (bicyclic) bond motifs is 7. The van der Waals surface area contributed by atoms with Crippen molar-refractivity contribution in [3.8, 4) is 27.4 Å². The van der Waals surface area contributed by atoms with E-state index in [4.69, 9.17) is 10.5 Å². The van der Waals surface area contributed by atoms with Gasteiger partial charge in [-0.25, -0.2) is 18.4 Å². The highest BCUT2D eigenvalue weighted by Crippen LogP contribution is 2.39. The molecule has 30 heavy (non-hydrogen) atoms. The summed E-state index contributed by atoms with van der Waals surface area (Å²) in [4.78, 5) is 5.29. The number of rotatable bonds is 1. The van der Waals surface area contributed by atoms with Crippen LogP contribution in [0, 0.1) is 5.82 Å². The Bertz CT molecular complexity index is 1250. The van der Waals surface area contributed by atoms with Gasteiger partial charge >= 0.3 is 0 Å². The maximum atomic E-state index is 14.1. The summed E-state index contributed by atoms with van der Waals surface area (Å²) in [5, 5.41) is 8.74. The summed E-state index contributed by atoms with van der Waals surface area (Å²) in [6.45, 7) is 4.55. The van der Waals surface area contributed by atoms with Crippen molar-refractivity contribution in [3.63, 3.8) is 0 Å². The Morgan fingerprint density at radius 1 is 1.30 bits per heavy atom. The van der Waals surface area contributed by atoms with E-state index in [1.54, 1.807) is 12.3 Å². The molecule has 0 radical (unpaired) electrons. The van der Waals surface area contributed by atoms with Crippen molar-refractivity contribution < 1.29 is 9.13 Å². The molecule has 4 aromatic rings. The Morgan fingerprint density at radius 3 is 3.00 bits per heavy atom. The number of nitrogens with two attached hydrogens (primary N) is 1. The highest BCUT2D eigenvalue weighted by Gasteiger charge is 2.24. The molecular weight excluding hydrogens is 403 g/mol.